The number of nitrogens with zero attached hydrogens (tertiary/aromatic N) is 1. The van der Waals surface area contributed by atoms with Crippen LogP contribution in [0.1, 0.15) is 28.4 Å². The SMILES string of the molecule is O=C(O)c1ccc([C@@H]2CCNC2)nc1. The van der Waals surface area contributed by atoms with Crippen LogP contribution in [0.3, 0.4) is 0 Å². The topological polar surface area (TPSA) is 62.2 Å². The van der Waals surface area contributed by atoms with Gasteiger partial charge in [0.2, 0.25) is 0 Å². The van der Waals surface area contributed by atoms with Crippen LogP contribution in [0.15, 0.2) is 18.3 Å². The summed E-state index contributed by atoms with van der Waals surface area (Å²) in [7, 11) is 0. The largest absolute Gasteiger partial charge is 0.478 e. The van der Waals surface area contributed by atoms with Crippen molar-refractivity contribution in [2.75, 3.05) is 13.1 Å². The summed E-state index contributed by atoms with van der Waals surface area (Å²) >= 11 is 0. The molecule has 14 heavy (non-hydrogen) atoms. The number of carboxylic acids is 1. The molecule has 4 heteroatoms. The molecule has 0 aromatic carbocycles. The van der Waals surface area contributed by atoms with Crippen molar-refractivity contribution in [3.05, 3.63) is 29.6 Å². The maximum Gasteiger partial charge on any atom is 0.337 e. The van der Waals surface area contributed by atoms with E-state index in [9.17, 15) is 4.79 Å². The zero-order valence-corrected chi connectivity index (χ0v) is 7.73. The quantitative estimate of drug-likeness (QED) is 0.729. The lowest BCUT2D eigenvalue weighted by Gasteiger charge is -2.06. The summed E-state index contributed by atoms with van der Waals surface area (Å²) in [5.41, 5.74) is 1.24. The molecule has 0 bridgehead atoms. The molecule has 1 aliphatic rings. The van der Waals surface area contributed by atoms with Crippen molar-refractivity contribution in [1.29, 1.82) is 0 Å². The van der Waals surface area contributed by atoms with Crippen LogP contribution in [0.2, 0.25) is 0 Å². The summed E-state index contributed by atoms with van der Waals surface area (Å²) in [4.78, 5) is 14.7. The molecule has 2 N–H and O–H groups in total. The molecule has 1 atom stereocenters. The summed E-state index contributed by atoms with van der Waals surface area (Å²) in [6.45, 7) is 1.96. The number of hydrogen-bond acceptors (Lipinski definition) is 3. The van der Waals surface area contributed by atoms with Gasteiger partial charge in [-0.25, -0.2) is 4.79 Å². The summed E-state index contributed by atoms with van der Waals surface area (Å²) in [6, 6.07) is 3.42. The predicted molar refractivity (Wildman–Crippen MR) is 51.4 cm³/mol. The fraction of sp³-hybridized carbons (Fsp3) is 0.400. The van der Waals surface area contributed by atoms with Crippen molar-refractivity contribution in [3.63, 3.8) is 0 Å². The minimum absolute atomic E-state index is 0.250. The van der Waals surface area contributed by atoms with Gasteiger partial charge in [0.25, 0.3) is 0 Å². The van der Waals surface area contributed by atoms with Crippen molar-refractivity contribution < 1.29 is 9.90 Å². The van der Waals surface area contributed by atoms with Gasteiger partial charge in [-0.2, -0.15) is 0 Å². The number of nitrogens with one attached hydrogen (secondary N) is 1. The van der Waals surface area contributed by atoms with Gasteiger partial charge in [0.05, 0.1) is 5.56 Å². The second kappa shape index (κ2) is 3.75. The van der Waals surface area contributed by atoms with E-state index in [0.29, 0.717) is 5.92 Å². The van der Waals surface area contributed by atoms with E-state index in [-0.39, 0.29) is 5.56 Å². The van der Waals surface area contributed by atoms with Gasteiger partial charge in [0.15, 0.2) is 0 Å². The van der Waals surface area contributed by atoms with Gasteiger partial charge in [-0.1, -0.05) is 0 Å². The zero-order chi connectivity index (χ0) is 9.97. The molecule has 74 valence electrons. The van der Waals surface area contributed by atoms with Gasteiger partial charge >= 0.3 is 5.97 Å². The molecule has 2 heterocycles. The molecule has 0 unspecified atom stereocenters. The Morgan fingerprint density at radius 3 is 2.93 bits per heavy atom. The molecule has 0 spiro atoms. The Morgan fingerprint density at radius 1 is 1.57 bits per heavy atom. The van der Waals surface area contributed by atoms with E-state index >= 15 is 0 Å². The van der Waals surface area contributed by atoms with Gasteiger partial charge in [-0.15, -0.1) is 0 Å². The predicted octanol–water partition coefficient (Wildman–Crippen LogP) is 0.857. The maximum absolute atomic E-state index is 10.6. The monoisotopic (exact) mass is 192 g/mol. The number of rotatable bonds is 2. The van der Waals surface area contributed by atoms with Crippen LogP contribution in [-0.2, 0) is 0 Å². The lowest BCUT2D eigenvalue weighted by molar-refractivity contribution is 0.0696. The first-order valence-corrected chi connectivity index (χ1v) is 4.67. The Morgan fingerprint density at radius 2 is 2.43 bits per heavy atom. The first kappa shape index (κ1) is 9.15. The van der Waals surface area contributed by atoms with Crippen LogP contribution in [0.25, 0.3) is 0 Å². The summed E-state index contributed by atoms with van der Waals surface area (Å²) in [5.74, 6) is -0.480. The summed E-state index contributed by atoms with van der Waals surface area (Å²) in [6.07, 6.45) is 2.51. The first-order valence-electron chi connectivity index (χ1n) is 4.67. The van der Waals surface area contributed by atoms with Gasteiger partial charge in [-0.05, 0) is 25.1 Å². The van der Waals surface area contributed by atoms with Crippen molar-refractivity contribution in [2.24, 2.45) is 0 Å². The van der Waals surface area contributed by atoms with E-state index in [1.54, 1.807) is 12.1 Å². The highest BCUT2D eigenvalue weighted by molar-refractivity contribution is 5.87. The highest BCUT2D eigenvalue weighted by Gasteiger charge is 2.17. The Hall–Kier alpha value is -1.42. The van der Waals surface area contributed by atoms with E-state index in [1.807, 2.05) is 0 Å². The standard InChI is InChI=1S/C10H12N2O2/c13-10(14)8-1-2-9(12-6-8)7-3-4-11-5-7/h1-2,6-7,11H,3-5H2,(H,13,14)/t7-/m1/s1. The van der Waals surface area contributed by atoms with Crippen molar-refractivity contribution >= 4 is 5.97 Å². The lowest BCUT2D eigenvalue weighted by atomic mass is 10.0. The molecule has 1 fully saturated rings. The molecule has 2 rings (SSSR count). The van der Waals surface area contributed by atoms with E-state index < -0.39 is 5.97 Å². The molecule has 1 aliphatic heterocycles. The number of pyridine rings is 1. The van der Waals surface area contributed by atoms with Gasteiger partial charge in [0.1, 0.15) is 0 Å². The average molecular weight is 192 g/mol. The van der Waals surface area contributed by atoms with E-state index in [1.165, 1.54) is 6.20 Å². The smallest absolute Gasteiger partial charge is 0.337 e. The maximum atomic E-state index is 10.6. The third-order valence-corrected chi connectivity index (χ3v) is 2.51. The molecule has 0 aliphatic carbocycles. The number of carboxylic acid groups (broad SMARTS) is 1. The summed E-state index contributed by atoms with van der Waals surface area (Å²) in [5, 5.41) is 11.9. The van der Waals surface area contributed by atoms with Crippen LogP contribution in [-0.4, -0.2) is 29.1 Å². The Bertz CT molecular complexity index is 328. The molecule has 1 aromatic heterocycles. The molecule has 1 saturated heterocycles. The molecule has 0 amide bonds. The second-order valence-corrected chi connectivity index (χ2v) is 3.47. The summed E-state index contributed by atoms with van der Waals surface area (Å²) < 4.78 is 0. The number of hydrogen-bond donors (Lipinski definition) is 2. The van der Waals surface area contributed by atoms with Crippen LogP contribution in [0, 0.1) is 0 Å². The third-order valence-electron chi connectivity index (χ3n) is 2.51. The van der Waals surface area contributed by atoms with Crippen LogP contribution in [0.4, 0.5) is 0 Å². The highest BCUT2D eigenvalue weighted by atomic mass is 16.4. The van der Waals surface area contributed by atoms with Crippen LogP contribution in [0.5, 0.6) is 0 Å². The minimum Gasteiger partial charge on any atom is -0.478 e. The molecular formula is C10H12N2O2. The molecule has 4 nitrogen and oxygen atoms in total. The fourth-order valence-electron chi connectivity index (χ4n) is 1.68. The molecule has 0 saturated carbocycles. The van der Waals surface area contributed by atoms with Crippen LogP contribution < -0.4 is 5.32 Å². The lowest BCUT2D eigenvalue weighted by Crippen LogP contribution is -2.09. The minimum atomic E-state index is -0.923. The van der Waals surface area contributed by atoms with E-state index in [2.05, 4.69) is 10.3 Å². The van der Waals surface area contributed by atoms with Crippen molar-refractivity contribution in [3.8, 4) is 0 Å². The van der Waals surface area contributed by atoms with E-state index in [0.717, 1.165) is 25.2 Å². The van der Waals surface area contributed by atoms with Gasteiger partial charge < -0.3 is 10.4 Å². The Labute approximate surface area is 82.0 Å². The van der Waals surface area contributed by atoms with Gasteiger partial charge in [-0.3, -0.25) is 4.98 Å². The normalized spacial score (nSPS) is 21.0. The Balaban J connectivity index is 2.16. The number of aromatic carboxylic acids is 1. The second-order valence-electron chi connectivity index (χ2n) is 3.47. The first-order chi connectivity index (χ1) is 6.77. The highest BCUT2D eigenvalue weighted by Crippen LogP contribution is 2.19. The zero-order valence-electron chi connectivity index (χ0n) is 7.73. The molecular weight excluding hydrogens is 180 g/mol. The Kier molecular flexibility index (Phi) is 2.45. The third kappa shape index (κ3) is 1.75. The van der Waals surface area contributed by atoms with Gasteiger partial charge in [0, 0.05) is 24.4 Å². The molecule has 1 aromatic rings. The number of aromatic nitrogens is 1. The fourth-order valence-corrected chi connectivity index (χ4v) is 1.68. The van der Waals surface area contributed by atoms with Crippen molar-refractivity contribution in [2.45, 2.75) is 12.3 Å². The average Bonchev–Trinajstić information content (AvgIpc) is 2.71. The van der Waals surface area contributed by atoms with Crippen LogP contribution >= 0.6 is 0 Å². The molecule has 0 radical (unpaired) electrons. The number of carbonyl (C=O) groups is 1. The van der Waals surface area contributed by atoms with E-state index in [4.69, 9.17) is 5.11 Å². The van der Waals surface area contributed by atoms with Crippen molar-refractivity contribution in [1.82, 2.24) is 10.3 Å².